The summed E-state index contributed by atoms with van der Waals surface area (Å²) in [7, 11) is 0. The SMILES string of the molecule is CC(C)C=C(F)C(O)C(CCCN1C(=O)c2ccccc2C1=O)C(=O)N1C(=O)OCC1Cc1ccccc1. The van der Waals surface area contributed by atoms with Crippen LogP contribution in [0.2, 0.25) is 0 Å². The molecule has 2 aromatic rings. The highest BCUT2D eigenvalue weighted by Gasteiger charge is 2.44. The van der Waals surface area contributed by atoms with Crippen LogP contribution in [-0.2, 0) is 16.0 Å². The van der Waals surface area contributed by atoms with Gasteiger partial charge in [0.2, 0.25) is 5.91 Å². The predicted molar refractivity (Wildman–Crippen MR) is 137 cm³/mol. The molecule has 4 rings (SSSR count). The first-order valence-corrected chi connectivity index (χ1v) is 12.7. The number of aliphatic hydroxyl groups excluding tert-OH is 1. The van der Waals surface area contributed by atoms with Gasteiger partial charge in [-0.05, 0) is 49.0 Å². The van der Waals surface area contributed by atoms with Gasteiger partial charge >= 0.3 is 6.09 Å². The summed E-state index contributed by atoms with van der Waals surface area (Å²) < 4.78 is 20.1. The molecule has 2 aliphatic rings. The van der Waals surface area contributed by atoms with Crippen molar-refractivity contribution < 1.29 is 33.4 Å². The van der Waals surface area contributed by atoms with Crippen LogP contribution in [0.25, 0.3) is 0 Å². The van der Waals surface area contributed by atoms with Gasteiger partial charge < -0.3 is 9.84 Å². The summed E-state index contributed by atoms with van der Waals surface area (Å²) in [6.07, 6.45) is -1.01. The number of hydrogen-bond acceptors (Lipinski definition) is 6. The van der Waals surface area contributed by atoms with Gasteiger partial charge in [-0.1, -0.05) is 56.3 Å². The van der Waals surface area contributed by atoms with Crippen LogP contribution >= 0.6 is 0 Å². The molecule has 0 radical (unpaired) electrons. The number of allylic oxidation sites excluding steroid dienone is 1. The number of benzene rings is 2. The van der Waals surface area contributed by atoms with Crippen molar-refractivity contribution in [3.05, 3.63) is 83.2 Å². The Bertz CT molecular complexity index is 1210. The number of rotatable bonds is 10. The molecule has 1 fully saturated rings. The van der Waals surface area contributed by atoms with Gasteiger partial charge in [0.05, 0.1) is 23.1 Å². The molecule has 0 aromatic heterocycles. The average Bonchev–Trinajstić information content (AvgIpc) is 3.38. The molecule has 0 aliphatic carbocycles. The molecule has 2 aliphatic heterocycles. The van der Waals surface area contributed by atoms with Gasteiger partial charge in [0.1, 0.15) is 18.5 Å². The van der Waals surface area contributed by atoms with E-state index in [1.54, 1.807) is 38.1 Å². The first-order valence-electron chi connectivity index (χ1n) is 12.7. The Morgan fingerprint density at radius 1 is 1.05 bits per heavy atom. The van der Waals surface area contributed by atoms with Crippen LogP contribution in [0.5, 0.6) is 0 Å². The molecule has 2 heterocycles. The van der Waals surface area contributed by atoms with Crippen LogP contribution in [0.3, 0.4) is 0 Å². The molecule has 4 amide bonds. The Kier molecular flexibility index (Phi) is 8.36. The summed E-state index contributed by atoms with van der Waals surface area (Å²) in [5.74, 6) is -4.04. The van der Waals surface area contributed by atoms with E-state index in [-0.39, 0.29) is 31.9 Å². The molecule has 9 heteroatoms. The van der Waals surface area contributed by atoms with E-state index in [4.69, 9.17) is 4.74 Å². The lowest BCUT2D eigenvalue weighted by molar-refractivity contribution is -0.137. The van der Waals surface area contributed by atoms with Crippen molar-refractivity contribution in [2.45, 2.75) is 45.3 Å². The fraction of sp³-hybridized carbons (Fsp3) is 0.379. The van der Waals surface area contributed by atoms with E-state index in [0.717, 1.165) is 15.4 Å². The quantitative estimate of drug-likeness (QED) is 0.471. The molecule has 8 nitrogen and oxygen atoms in total. The van der Waals surface area contributed by atoms with Crippen molar-refractivity contribution in [2.24, 2.45) is 11.8 Å². The lowest BCUT2D eigenvalue weighted by atomic mass is 9.92. The third-order valence-electron chi connectivity index (χ3n) is 6.76. The number of carbonyl (C=O) groups is 4. The molecule has 38 heavy (non-hydrogen) atoms. The molecule has 2 aromatic carbocycles. The summed E-state index contributed by atoms with van der Waals surface area (Å²) in [6.45, 7) is 3.44. The molecule has 1 saturated heterocycles. The van der Waals surface area contributed by atoms with E-state index in [0.29, 0.717) is 17.5 Å². The summed E-state index contributed by atoms with van der Waals surface area (Å²) in [5.41, 5.74) is 1.50. The van der Waals surface area contributed by atoms with E-state index >= 15 is 0 Å². The lowest BCUT2D eigenvalue weighted by Crippen LogP contribution is -2.47. The largest absolute Gasteiger partial charge is 0.447 e. The molecule has 3 unspecified atom stereocenters. The van der Waals surface area contributed by atoms with Crippen molar-refractivity contribution in [1.82, 2.24) is 9.80 Å². The second-order valence-electron chi connectivity index (χ2n) is 9.93. The van der Waals surface area contributed by atoms with E-state index in [1.807, 2.05) is 30.3 Å². The highest BCUT2D eigenvalue weighted by Crippen LogP contribution is 2.29. The van der Waals surface area contributed by atoms with E-state index in [1.165, 1.54) is 6.08 Å². The molecule has 3 atom stereocenters. The summed E-state index contributed by atoms with van der Waals surface area (Å²) in [5, 5.41) is 10.9. The fourth-order valence-corrected chi connectivity index (χ4v) is 4.88. The first kappa shape index (κ1) is 27.2. The minimum Gasteiger partial charge on any atom is -0.447 e. The zero-order chi connectivity index (χ0) is 27.4. The predicted octanol–water partition coefficient (Wildman–Crippen LogP) is 4.14. The number of cyclic esters (lactones) is 1. The zero-order valence-corrected chi connectivity index (χ0v) is 21.4. The number of imide groups is 2. The van der Waals surface area contributed by atoms with Crippen LogP contribution < -0.4 is 0 Å². The first-order chi connectivity index (χ1) is 18.2. The zero-order valence-electron chi connectivity index (χ0n) is 21.4. The second kappa shape index (κ2) is 11.7. The number of nitrogens with zero attached hydrogens (tertiary/aromatic N) is 2. The third kappa shape index (κ3) is 5.67. The maximum Gasteiger partial charge on any atom is 0.416 e. The van der Waals surface area contributed by atoms with Gasteiger partial charge in [0, 0.05) is 6.54 Å². The van der Waals surface area contributed by atoms with E-state index < -0.39 is 47.7 Å². The third-order valence-corrected chi connectivity index (χ3v) is 6.76. The Morgan fingerprint density at radius 3 is 2.26 bits per heavy atom. The lowest BCUT2D eigenvalue weighted by Gasteiger charge is -2.28. The van der Waals surface area contributed by atoms with E-state index in [2.05, 4.69) is 0 Å². The van der Waals surface area contributed by atoms with Crippen LogP contribution in [-0.4, -0.2) is 64.0 Å². The van der Waals surface area contributed by atoms with Crippen molar-refractivity contribution in [3.63, 3.8) is 0 Å². The van der Waals surface area contributed by atoms with Gasteiger partial charge in [-0.3, -0.25) is 19.3 Å². The van der Waals surface area contributed by atoms with Gasteiger partial charge in [-0.2, -0.15) is 0 Å². The Labute approximate surface area is 220 Å². The molecular weight excluding hydrogens is 491 g/mol. The number of fused-ring (bicyclic) bond motifs is 1. The minimum absolute atomic E-state index is 0.0123. The van der Waals surface area contributed by atoms with Gasteiger partial charge in [0.15, 0.2) is 0 Å². The monoisotopic (exact) mass is 522 g/mol. The number of carbonyl (C=O) groups excluding carboxylic acids is 4. The maximum atomic E-state index is 14.9. The van der Waals surface area contributed by atoms with Gasteiger partial charge in [-0.25, -0.2) is 14.1 Å². The van der Waals surface area contributed by atoms with Crippen molar-refractivity contribution in [1.29, 1.82) is 0 Å². The summed E-state index contributed by atoms with van der Waals surface area (Å²) >= 11 is 0. The van der Waals surface area contributed by atoms with Crippen LogP contribution in [0.15, 0.2) is 66.5 Å². The highest BCUT2D eigenvalue weighted by atomic mass is 19.1. The van der Waals surface area contributed by atoms with Gasteiger partial charge in [-0.15, -0.1) is 0 Å². The number of ether oxygens (including phenoxy) is 1. The highest BCUT2D eigenvalue weighted by molar-refractivity contribution is 6.21. The summed E-state index contributed by atoms with van der Waals surface area (Å²) in [6, 6.07) is 15.2. The number of halogens is 1. The van der Waals surface area contributed by atoms with E-state index in [9.17, 15) is 28.7 Å². The Morgan fingerprint density at radius 2 is 1.66 bits per heavy atom. The van der Waals surface area contributed by atoms with Crippen LogP contribution in [0.1, 0.15) is 53.0 Å². The molecular formula is C29H31FN2O6. The average molecular weight is 523 g/mol. The Balaban J connectivity index is 1.52. The molecule has 200 valence electrons. The van der Waals surface area contributed by atoms with Gasteiger partial charge in [0.25, 0.3) is 11.8 Å². The number of amides is 4. The normalized spacial score (nSPS) is 19.1. The summed E-state index contributed by atoms with van der Waals surface area (Å²) in [4.78, 5) is 53.7. The van der Waals surface area contributed by atoms with Crippen molar-refractivity contribution >= 4 is 23.8 Å². The molecule has 0 spiro atoms. The molecule has 0 saturated carbocycles. The minimum atomic E-state index is -1.79. The fourth-order valence-electron chi connectivity index (χ4n) is 4.88. The number of aliphatic hydroxyl groups is 1. The van der Waals surface area contributed by atoms with Crippen LogP contribution in [0, 0.1) is 11.8 Å². The van der Waals surface area contributed by atoms with Crippen LogP contribution in [0.4, 0.5) is 9.18 Å². The number of hydrogen-bond donors (Lipinski definition) is 1. The standard InChI is InChI=1S/C29H31FN2O6/c1-18(2)15-24(30)25(33)23(13-8-14-31-26(34)21-11-6-7-12-22(21)27(31)35)28(36)32-20(17-38-29(32)37)16-19-9-4-3-5-10-19/h3-7,9-12,15,18,20,23,25,33H,8,13-14,16-17H2,1-2H3. The smallest absolute Gasteiger partial charge is 0.416 e. The Hall–Kier alpha value is -3.85. The molecule has 0 bridgehead atoms. The van der Waals surface area contributed by atoms with Crippen molar-refractivity contribution in [2.75, 3.05) is 13.2 Å². The van der Waals surface area contributed by atoms with Crippen molar-refractivity contribution in [3.8, 4) is 0 Å². The second-order valence-corrected chi connectivity index (χ2v) is 9.93. The molecule has 1 N–H and O–H groups in total. The topological polar surface area (TPSA) is 104 Å². The maximum absolute atomic E-state index is 14.9.